The first-order valence-corrected chi connectivity index (χ1v) is 11.8. The molecule has 0 aliphatic carbocycles. The van der Waals surface area contributed by atoms with E-state index in [2.05, 4.69) is 15.3 Å². The normalized spacial score (nSPS) is 21.4. The summed E-state index contributed by atoms with van der Waals surface area (Å²) in [4.78, 5) is 27.2. The number of amides is 1. The Bertz CT molecular complexity index is 1320. The number of aryl methyl sites for hydroxylation is 1. The molecule has 2 N–H and O–H groups in total. The molecular formula is C24H20F3N5O2S. The van der Waals surface area contributed by atoms with Crippen molar-refractivity contribution in [2.24, 2.45) is 10.9 Å². The van der Waals surface area contributed by atoms with Gasteiger partial charge in [0.25, 0.3) is 11.8 Å². The number of thioether (sulfide) groups is 1. The summed E-state index contributed by atoms with van der Waals surface area (Å²) in [5.41, 5.74) is -0.609. The topological polar surface area (TPSA) is 90.7 Å². The zero-order valence-electron chi connectivity index (χ0n) is 18.5. The Kier molecular flexibility index (Phi) is 5.87. The fourth-order valence-corrected chi connectivity index (χ4v) is 5.60. The Labute approximate surface area is 203 Å². The quantitative estimate of drug-likeness (QED) is 0.570. The highest BCUT2D eigenvalue weighted by Gasteiger charge is 2.52. The number of nitrogens with zero attached hydrogens (tertiary/aromatic N) is 4. The minimum atomic E-state index is -1.19. The lowest BCUT2D eigenvalue weighted by Gasteiger charge is -2.35. The summed E-state index contributed by atoms with van der Waals surface area (Å²) in [6.07, 6.45) is 0. The highest BCUT2D eigenvalue weighted by Crippen LogP contribution is 2.47. The van der Waals surface area contributed by atoms with Crippen LogP contribution in [0.4, 0.5) is 19.1 Å². The first-order valence-electron chi connectivity index (χ1n) is 10.8. The number of carbonyl (C=O) groups excluding carboxylic acids is 1. The number of benzene rings is 2. The van der Waals surface area contributed by atoms with Crippen LogP contribution >= 0.6 is 11.8 Å². The van der Waals surface area contributed by atoms with Crippen molar-refractivity contribution >= 4 is 28.8 Å². The predicted octanol–water partition coefficient (Wildman–Crippen LogP) is 3.77. The molecule has 0 saturated carbocycles. The molecule has 0 unspecified atom stereocenters. The summed E-state index contributed by atoms with van der Waals surface area (Å²) in [5.74, 6) is -3.25. The van der Waals surface area contributed by atoms with Gasteiger partial charge in [0, 0.05) is 35.4 Å². The smallest absolute Gasteiger partial charge is 0.257 e. The van der Waals surface area contributed by atoms with E-state index in [1.165, 1.54) is 24.8 Å². The molecule has 35 heavy (non-hydrogen) atoms. The zero-order valence-corrected chi connectivity index (χ0v) is 19.3. The standard InChI is InChI=1S/C24H20F3N5O2S/c1-13-19(27)21(34)29-22(28-13)32-10-15-11-35-23(30-20(33)14-5-3-2-4-6-14)31-24(15,12-32)17-8-7-16(25)9-18(17)26/h2-9,15H,10-12H2,1H3,(H,28,29,34)(H,30,31,33)/t15-,24-/m0/s1. The second kappa shape index (κ2) is 8.88. The van der Waals surface area contributed by atoms with E-state index in [1.54, 1.807) is 35.2 Å². The van der Waals surface area contributed by atoms with Crippen LogP contribution in [0.25, 0.3) is 0 Å². The maximum absolute atomic E-state index is 15.1. The largest absolute Gasteiger partial charge is 0.491 e. The van der Waals surface area contributed by atoms with E-state index in [9.17, 15) is 18.7 Å². The third kappa shape index (κ3) is 4.20. The maximum Gasteiger partial charge on any atom is 0.257 e. The van der Waals surface area contributed by atoms with Crippen LogP contribution in [-0.2, 0) is 5.54 Å². The monoisotopic (exact) mass is 499 g/mol. The second-order valence-electron chi connectivity index (χ2n) is 8.42. The Balaban J connectivity index is 1.55. The lowest BCUT2D eigenvalue weighted by Crippen LogP contribution is -2.43. The van der Waals surface area contributed by atoms with Gasteiger partial charge < -0.3 is 15.3 Å². The van der Waals surface area contributed by atoms with Crippen LogP contribution in [0, 0.1) is 30.3 Å². The van der Waals surface area contributed by atoms with Crippen LogP contribution in [-0.4, -0.2) is 45.0 Å². The van der Waals surface area contributed by atoms with Crippen LogP contribution in [0.3, 0.4) is 0 Å². The third-order valence-electron chi connectivity index (χ3n) is 6.19. The van der Waals surface area contributed by atoms with E-state index >= 15 is 4.39 Å². The van der Waals surface area contributed by atoms with Crippen molar-refractivity contribution in [3.63, 3.8) is 0 Å². The fourth-order valence-electron chi connectivity index (χ4n) is 4.46. The van der Waals surface area contributed by atoms with Gasteiger partial charge in [-0.1, -0.05) is 36.0 Å². The number of carbonyl (C=O) groups is 1. The number of nitrogens with one attached hydrogen (secondary N) is 1. The van der Waals surface area contributed by atoms with Crippen molar-refractivity contribution in [3.05, 3.63) is 82.8 Å². The highest BCUT2D eigenvalue weighted by molar-refractivity contribution is 8.13. The molecule has 2 aromatic carbocycles. The van der Waals surface area contributed by atoms with Crippen molar-refractivity contribution in [3.8, 4) is 5.88 Å². The number of hydrogen-bond acceptors (Lipinski definition) is 7. The minimum absolute atomic E-state index is 0.0296. The van der Waals surface area contributed by atoms with Crippen LogP contribution in [0.2, 0.25) is 0 Å². The summed E-state index contributed by atoms with van der Waals surface area (Å²) in [6.45, 7) is 1.82. The molecule has 0 bridgehead atoms. The maximum atomic E-state index is 15.1. The van der Waals surface area contributed by atoms with E-state index in [4.69, 9.17) is 4.99 Å². The number of aromatic hydroxyl groups is 1. The van der Waals surface area contributed by atoms with Crippen molar-refractivity contribution in [1.82, 2.24) is 15.3 Å². The van der Waals surface area contributed by atoms with Gasteiger partial charge in [0.05, 0.1) is 12.2 Å². The summed E-state index contributed by atoms with van der Waals surface area (Å²) >= 11 is 1.32. The molecule has 3 heterocycles. The van der Waals surface area contributed by atoms with Crippen molar-refractivity contribution in [2.75, 3.05) is 23.7 Å². The SMILES string of the molecule is Cc1nc(N2C[C@H]3CSC(NC(=O)c4ccccc4)=N[C@@]3(c3ccc(F)cc3F)C2)nc(O)c1F. The van der Waals surface area contributed by atoms with Crippen LogP contribution < -0.4 is 10.2 Å². The summed E-state index contributed by atoms with van der Waals surface area (Å²) < 4.78 is 42.7. The zero-order chi connectivity index (χ0) is 24.7. The molecule has 11 heteroatoms. The third-order valence-corrected chi connectivity index (χ3v) is 7.23. The van der Waals surface area contributed by atoms with Crippen LogP contribution in [0.1, 0.15) is 21.6 Å². The Hall–Kier alpha value is -3.60. The second-order valence-corrected chi connectivity index (χ2v) is 9.43. The molecule has 7 nitrogen and oxygen atoms in total. The molecule has 180 valence electrons. The Morgan fingerprint density at radius 2 is 1.94 bits per heavy atom. The summed E-state index contributed by atoms with van der Waals surface area (Å²) in [7, 11) is 0. The molecule has 0 radical (unpaired) electrons. The number of anilines is 1. The number of aliphatic imine (C=N–C) groups is 1. The molecule has 1 amide bonds. The molecule has 2 aliphatic rings. The molecule has 0 spiro atoms. The Morgan fingerprint density at radius 3 is 2.66 bits per heavy atom. The van der Waals surface area contributed by atoms with Gasteiger partial charge in [-0.05, 0) is 25.1 Å². The lowest BCUT2D eigenvalue weighted by atomic mass is 9.81. The van der Waals surface area contributed by atoms with E-state index in [1.807, 2.05) is 0 Å². The summed E-state index contributed by atoms with van der Waals surface area (Å²) in [6, 6.07) is 11.9. The number of hydrogen-bond donors (Lipinski definition) is 2. The lowest BCUT2D eigenvalue weighted by molar-refractivity contribution is 0.0977. The van der Waals surface area contributed by atoms with Gasteiger partial charge in [-0.2, -0.15) is 9.37 Å². The first-order chi connectivity index (χ1) is 16.8. The van der Waals surface area contributed by atoms with Gasteiger partial charge in [-0.3, -0.25) is 4.79 Å². The predicted molar refractivity (Wildman–Crippen MR) is 126 cm³/mol. The van der Waals surface area contributed by atoms with Gasteiger partial charge in [-0.15, -0.1) is 0 Å². The fraction of sp³-hybridized carbons (Fsp3) is 0.250. The molecule has 2 atom stereocenters. The number of fused-ring (bicyclic) bond motifs is 1. The van der Waals surface area contributed by atoms with E-state index in [-0.39, 0.29) is 35.6 Å². The van der Waals surface area contributed by atoms with Gasteiger partial charge in [0.15, 0.2) is 5.17 Å². The molecule has 1 aromatic heterocycles. The molecule has 1 fully saturated rings. The molecule has 3 aromatic rings. The minimum Gasteiger partial charge on any atom is -0.491 e. The van der Waals surface area contributed by atoms with Crippen LogP contribution in [0.15, 0.2) is 53.5 Å². The number of aromatic nitrogens is 2. The van der Waals surface area contributed by atoms with Gasteiger partial charge in [0.2, 0.25) is 11.8 Å². The van der Waals surface area contributed by atoms with Gasteiger partial charge in [-0.25, -0.2) is 18.8 Å². The molecular weight excluding hydrogens is 479 g/mol. The van der Waals surface area contributed by atoms with Gasteiger partial charge in [0.1, 0.15) is 17.2 Å². The van der Waals surface area contributed by atoms with Gasteiger partial charge >= 0.3 is 0 Å². The highest BCUT2D eigenvalue weighted by atomic mass is 32.2. The van der Waals surface area contributed by atoms with Crippen molar-refractivity contribution in [2.45, 2.75) is 12.5 Å². The number of halogens is 3. The average Bonchev–Trinajstić information content (AvgIpc) is 3.22. The molecule has 1 saturated heterocycles. The van der Waals surface area contributed by atoms with Crippen molar-refractivity contribution < 1.29 is 23.1 Å². The van der Waals surface area contributed by atoms with E-state index < -0.39 is 28.9 Å². The molecule has 2 aliphatic heterocycles. The number of rotatable bonds is 3. The Morgan fingerprint density at radius 1 is 1.17 bits per heavy atom. The van der Waals surface area contributed by atoms with E-state index in [0.29, 0.717) is 23.0 Å². The summed E-state index contributed by atoms with van der Waals surface area (Å²) in [5, 5.41) is 13.0. The number of amidine groups is 1. The van der Waals surface area contributed by atoms with Crippen molar-refractivity contribution in [1.29, 1.82) is 0 Å². The van der Waals surface area contributed by atoms with E-state index in [0.717, 1.165) is 12.1 Å². The van der Waals surface area contributed by atoms with Crippen LogP contribution in [0.5, 0.6) is 5.88 Å². The first kappa shape index (κ1) is 23.2. The molecule has 5 rings (SSSR count). The average molecular weight is 500 g/mol.